The van der Waals surface area contributed by atoms with Crippen LogP contribution in [0.2, 0.25) is 0 Å². The van der Waals surface area contributed by atoms with Crippen LogP contribution in [0, 0.1) is 6.92 Å². The number of unbranched alkanes of at least 4 members (excludes halogenated alkanes) is 1. The fourth-order valence-electron chi connectivity index (χ4n) is 1.40. The Morgan fingerprint density at radius 1 is 1.28 bits per heavy atom. The van der Waals surface area contributed by atoms with Crippen molar-refractivity contribution in [2.45, 2.75) is 39.5 Å². The van der Waals surface area contributed by atoms with Crippen molar-refractivity contribution in [1.29, 1.82) is 0 Å². The summed E-state index contributed by atoms with van der Waals surface area (Å²) in [5.41, 5.74) is 1.41. The van der Waals surface area contributed by atoms with Gasteiger partial charge in [0.25, 0.3) is 0 Å². The fourth-order valence-corrected chi connectivity index (χ4v) is 1.40. The van der Waals surface area contributed by atoms with Crippen molar-refractivity contribution in [3.05, 3.63) is 29.6 Å². The van der Waals surface area contributed by atoms with Gasteiger partial charge < -0.3 is 4.74 Å². The zero-order valence-corrected chi connectivity index (χ0v) is 10.9. The van der Waals surface area contributed by atoms with E-state index in [2.05, 4.69) is 4.98 Å². The molecule has 1 rings (SSSR count). The summed E-state index contributed by atoms with van der Waals surface area (Å²) in [4.78, 5) is 27.1. The quantitative estimate of drug-likeness (QED) is 0.423. The minimum Gasteiger partial charge on any atom is -0.466 e. The molecule has 1 aromatic heterocycles. The molecule has 1 heterocycles. The normalized spacial score (nSPS) is 10.1. The summed E-state index contributed by atoms with van der Waals surface area (Å²) in [6.07, 6.45) is 3.70. The van der Waals surface area contributed by atoms with E-state index in [0.717, 1.165) is 18.5 Å². The van der Waals surface area contributed by atoms with Crippen molar-refractivity contribution in [3.8, 4) is 0 Å². The van der Waals surface area contributed by atoms with Gasteiger partial charge in [-0.2, -0.15) is 0 Å². The monoisotopic (exact) mass is 249 g/mol. The van der Waals surface area contributed by atoms with Crippen molar-refractivity contribution in [3.63, 3.8) is 0 Å². The number of Topliss-reactive ketones (excluding diaryl/α,β-unsaturated/α-hetero) is 1. The van der Waals surface area contributed by atoms with Crippen LogP contribution >= 0.6 is 0 Å². The van der Waals surface area contributed by atoms with Crippen LogP contribution in [0.5, 0.6) is 0 Å². The number of ether oxygens (including phenoxy) is 1. The molecular formula is C14H19NO3. The Morgan fingerprint density at radius 3 is 2.67 bits per heavy atom. The lowest BCUT2D eigenvalue weighted by Crippen LogP contribution is -2.09. The van der Waals surface area contributed by atoms with Crippen LogP contribution in [-0.2, 0) is 9.53 Å². The molecular weight excluding hydrogens is 230 g/mol. The molecule has 18 heavy (non-hydrogen) atoms. The molecule has 4 nitrogen and oxygen atoms in total. The van der Waals surface area contributed by atoms with Gasteiger partial charge in [0.15, 0.2) is 5.78 Å². The van der Waals surface area contributed by atoms with E-state index in [9.17, 15) is 9.59 Å². The number of hydrogen-bond acceptors (Lipinski definition) is 4. The molecule has 0 aliphatic rings. The van der Waals surface area contributed by atoms with Crippen LogP contribution in [0.25, 0.3) is 0 Å². The molecule has 0 fully saturated rings. The zero-order chi connectivity index (χ0) is 13.4. The average Bonchev–Trinajstić information content (AvgIpc) is 2.37. The molecule has 1 aromatic rings. The summed E-state index contributed by atoms with van der Waals surface area (Å²) in [6.45, 7) is 4.33. The molecule has 0 saturated heterocycles. The molecule has 4 heteroatoms. The van der Waals surface area contributed by atoms with Crippen molar-refractivity contribution >= 4 is 11.8 Å². The third-order valence-electron chi connectivity index (χ3n) is 2.55. The van der Waals surface area contributed by atoms with Gasteiger partial charge in [-0.05, 0) is 25.5 Å². The first-order valence-corrected chi connectivity index (χ1v) is 6.25. The number of ketones is 1. The van der Waals surface area contributed by atoms with Gasteiger partial charge in [0, 0.05) is 23.9 Å². The third-order valence-corrected chi connectivity index (χ3v) is 2.55. The summed E-state index contributed by atoms with van der Waals surface area (Å²) in [7, 11) is 0. The predicted molar refractivity (Wildman–Crippen MR) is 68.4 cm³/mol. The standard InChI is InChI=1S/C14H19NO3/c1-3-4-9-18-14(17)8-7-13(16)12-6-5-11(2)15-10-12/h5-6,10H,3-4,7-9H2,1-2H3. The maximum absolute atomic E-state index is 11.7. The average molecular weight is 249 g/mol. The van der Waals surface area contributed by atoms with Gasteiger partial charge in [-0.3, -0.25) is 14.6 Å². The van der Waals surface area contributed by atoms with E-state index in [0.29, 0.717) is 12.2 Å². The van der Waals surface area contributed by atoms with Gasteiger partial charge in [-0.15, -0.1) is 0 Å². The highest BCUT2D eigenvalue weighted by Crippen LogP contribution is 2.06. The zero-order valence-electron chi connectivity index (χ0n) is 10.9. The minimum atomic E-state index is -0.308. The first-order valence-electron chi connectivity index (χ1n) is 6.25. The van der Waals surface area contributed by atoms with Crippen LogP contribution in [0.3, 0.4) is 0 Å². The third kappa shape index (κ3) is 5.08. The van der Waals surface area contributed by atoms with Gasteiger partial charge in [-0.1, -0.05) is 13.3 Å². The van der Waals surface area contributed by atoms with Crippen LogP contribution in [0.4, 0.5) is 0 Å². The second kappa shape index (κ2) is 7.58. The van der Waals surface area contributed by atoms with Crippen molar-refractivity contribution in [2.75, 3.05) is 6.61 Å². The highest BCUT2D eigenvalue weighted by molar-refractivity contribution is 5.97. The lowest BCUT2D eigenvalue weighted by molar-refractivity contribution is -0.143. The lowest BCUT2D eigenvalue weighted by Gasteiger charge is -2.03. The molecule has 98 valence electrons. The van der Waals surface area contributed by atoms with Gasteiger partial charge >= 0.3 is 5.97 Å². The molecule has 0 atom stereocenters. The number of pyridine rings is 1. The molecule has 0 amide bonds. The molecule has 0 radical (unpaired) electrons. The van der Waals surface area contributed by atoms with E-state index < -0.39 is 0 Å². The maximum atomic E-state index is 11.7. The number of esters is 1. The van der Waals surface area contributed by atoms with Crippen LogP contribution in [0.1, 0.15) is 48.7 Å². The number of nitrogens with zero attached hydrogens (tertiary/aromatic N) is 1. The van der Waals surface area contributed by atoms with E-state index >= 15 is 0 Å². The van der Waals surface area contributed by atoms with Crippen molar-refractivity contribution < 1.29 is 14.3 Å². The molecule has 0 saturated carbocycles. The molecule has 0 aliphatic heterocycles. The van der Waals surface area contributed by atoms with Gasteiger partial charge in [0.2, 0.25) is 0 Å². The Balaban J connectivity index is 2.32. The molecule has 0 spiro atoms. The van der Waals surface area contributed by atoms with Crippen LogP contribution in [0.15, 0.2) is 18.3 Å². The SMILES string of the molecule is CCCCOC(=O)CCC(=O)c1ccc(C)nc1. The summed E-state index contributed by atoms with van der Waals surface area (Å²) in [6, 6.07) is 3.51. The number of aromatic nitrogens is 1. The molecule has 0 aromatic carbocycles. The fraction of sp³-hybridized carbons (Fsp3) is 0.500. The Hall–Kier alpha value is -1.71. The van der Waals surface area contributed by atoms with E-state index in [1.54, 1.807) is 18.3 Å². The van der Waals surface area contributed by atoms with Crippen LogP contribution in [-0.4, -0.2) is 23.3 Å². The number of carbonyl (C=O) groups excluding carboxylic acids is 2. The topological polar surface area (TPSA) is 56.3 Å². The molecule has 0 N–H and O–H groups in total. The second-order valence-corrected chi connectivity index (χ2v) is 4.19. The molecule has 0 bridgehead atoms. The van der Waals surface area contributed by atoms with Crippen molar-refractivity contribution in [2.24, 2.45) is 0 Å². The first-order chi connectivity index (χ1) is 8.63. The highest BCUT2D eigenvalue weighted by Gasteiger charge is 2.10. The largest absolute Gasteiger partial charge is 0.466 e. The molecule has 0 unspecified atom stereocenters. The predicted octanol–water partition coefficient (Wildman–Crippen LogP) is 2.70. The number of hydrogen-bond donors (Lipinski definition) is 0. The lowest BCUT2D eigenvalue weighted by atomic mass is 10.1. The Labute approximate surface area is 107 Å². The molecule has 0 aliphatic carbocycles. The summed E-state index contributed by atoms with van der Waals surface area (Å²) in [5, 5.41) is 0. The first kappa shape index (κ1) is 14.4. The Bertz CT molecular complexity index is 398. The highest BCUT2D eigenvalue weighted by atomic mass is 16.5. The Kier molecular flexibility index (Phi) is 6.05. The van der Waals surface area contributed by atoms with Crippen LogP contribution < -0.4 is 0 Å². The summed E-state index contributed by atoms with van der Waals surface area (Å²) in [5.74, 6) is -0.383. The summed E-state index contributed by atoms with van der Waals surface area (Å²) >= 11 is 0. The maximum Gasteiger partial charge on any atom is 0.306 e. The second-order valence-electron chi connectivity index (χ2n) is 4.19. The number of carbonyl (C=O) groups is 2. The van der Waals surface area contributed by atoms with Gasteiger partial charge in [-0.25, -0.2) is 0 Å². The van der Waals surface area contributed by atoms with E-state index in [4.69, 9.17) is 4.74 Å². The summed E-state index contributed by atoms with van der Waals surface area (Å²) < 4.78 is 4.98. The number of rotatable bonds is 7. The van der Waals surface area contributed by atoms with E-state index in [1.807, 2.05) is 13.8 Å². The smallest absolute Gasteiger partial charge is 0.306 e. The van der Waals surface area contributed by atoms with Crippen molar-refractivity contribution in [1.82, 2.24) is 4.98 Å². The minimum absolute atomic E-state index is 0.0741. The van der Waals surface area contributed by atoms with Gasteiger partial charge in [0.1, 0.15) is 0 Å². The van der Waals surface area contributed by atoms with E-state index in [1.165, 1.54) is 0 Å². The van der Waals surface area contributed by atoms with Gasteiger partial charge in [0.05, 0.1) is 13.0 Å². The van der Waals surface area contributed by atoms with E-state index in [-0.39, 0.29) is 24.6 Å². The Morgan fingerprint density at radius 2 is 2.06 bits per heavy atom. The number of aryl methyl sites for hydroxylation is 1.